The van der Waals surface area contributed by atoms with Crippen LogP contribution in [0.25, 0.3) is 10.8 Å². The molecule has 0 atom stereocenters. The summed E-state index contributed by atoms with van der Waals surface area (Å²) in [5.74, 6) is 0.259. The number of pyridine rings is 1. The lowest BCUT2D eigenvalue weighted by Gasteiger charge is -2.27. The summed E-state index contributed by atoms with van der Waals surface area (Å²) >= 11 is 0. The van der Waals surface area contributed by atoms with Gasteiger partial charge in [0.1, 0.15) is 17.0 Å². The maximum Gasteiger partial charge on any atom is 0.312 e. The molecule has 0 radical (unpaired) electrons. The van der Waals surface area contributed by atoms with Crippen LogP contribution in [0.5, 0.6) is 5.75 Å². The number of esters is 1. The highest BCUT2D eigenvalue weighted by atomic mass is 16.6. The fraction of sp³-hybridized carbons (Fsp3) is 0.360. The van der Waals surface area contributed by atoms with Crippen molar-refractivity contribution in [2.45, 2.75) is 58.7 Å². The molecule has 3 aromatic rings. The fourth-order valence-corrected chi connectivity index (χ4v) is 3.59. The summed E-state index contributed by atoms with van der Waals surface area (Å²) in [7, 11) is 0. The van der Waals surface area contributed by atoms with Crippen molar-refractivity contribution in [2.24, 2.45) is 0 Å². The van der Waals surface area contributed by atoms with E-state index in [0.29, 0.717) is 28.6 Å². The van der Waals surface area contributed by atoms with E-state index in [4.69, 9.17) is 9.47 Å². The van der Waals surface area contributed by atoms with Crippen molar-refractivity contribution in [3.05, 3.63) is 76.1 Å². The molecule has 32 heavy (non-hydrogen) atoms. The van der Waals surface area contributed by atoms with Crippen molar-refractivity contribution < 1.29 is 19.2 Å². The minimum Gasteiger partial charge on any atom is -0.487 e. The number of nitro benzene ring substituents is 1. The highest BCUT2D eigenvalue weighted by Crippen LogP contribution is 2.35. The molecule has 0 spiro atoms. The predicted molar refractivity (Wildman–Crippen MR) is 123 cm³/mol. The van der Waals surface area contributed by atoms with Crippen LogP contribution in [0.1, 0.15) is 45.9 Å². The summed E-state index contributed by atoms with van der Waals surface area (Å²) < 4.78 is 11.7. The Kier molecular flexibility index (Phi) is 6.48. The van der Waals surface area contributed by atoms with E-state index in [-0.39, 0.29) is 23.0 Å². The largest absolute Gasteiger partial charge is 0.487 e. The van der Waals surface area contributed by atoms with Crippen LogP contribution >= 0.6 is 0 Å². The summed E-state index contributed by atoms with van der Waals surface area (Å²) in [5, 5.41) is 12.6. The number of nitrogens with zero attached hydrogens (tertiary/aromatic N) is 2. The standard InChI is InChI=1S/C25H28N2O5/c1-24(2,3)32-23(28)15-18-14-17(12-13-26-18)16-25(4,5)31-22-11-10-21(27(29)30)19-8-6-7-9-20(19)22/h6-14H,15-16H2,1-5H3. The summed E-state index contributed by atoms with van der Waals surface area (Å²) in [6, 6.07) is 14.0. The molecular formula is C25H28N2O5. The minimum atomic E-state index is -0.608. The van der Waals surface area contributed by atoms with E-state index in [1.54, 1.807) is 24.4 Å². The highest BCUT2D eigenvalue weighted by Gasteiger charge is 2.24. The Morgan fingerprint density at radius 2 is 1.72 bits per heavy atom. The third kappa shape index (κ3) is 6.03. The minimum absolute atomic E-state index is 0.0478. The molecule has 1 heterocycles. The van der Waals surface area contributed by atoms with Crippen LogP contribution in [0.15, 0.2) is 54.7 Å². The highest BCUT2D eigenvalue weighted by molar-refractivity contribution is 5.95. The van der Waals surface area contributed by atoms with E-state index in [1.165, 1.54) is 6.07 Å². The molecule has 7 heteroatoms. The maximum absolute atomic E-state index is 12.1. The van der Waals surface area contributed by atoms with Gasteiger partial charge < -0.3 is 9.47 Å². The molecule has 1 aromatic heterocycles. The molecule has 0 unspecified atom stereocenters. The van der Waals surface area contributed by atoms with E-state index in [9.17, 15) is 14.9 Å². The predicted octanol–water partition coefficient (Wildman–Crippen LogP) is 5.43. The zero-order valence-electron chi connectivity index (χ0n) is 19.0. The van der Waals surface area contributed by atoms with E-state index in [0.717, 1.165) is 5.56 Å². The summed E-state index contributed by atoms with van der Waals surface area (Å²) in [6.45, 7) is 9.40. The number of fused-ring (bicyclic) bond motifs is 1. The van der Waals surface area contributed by atoms with Crippen LogP contribution in [0.2, 0.25) is 0 Å². The molecule has 168 valence electrons. The monoisotopic (exact) mass is 436 g/mol. The smallest absolute Gasteiger partial charge is 0.312 e. The lowest BCUT2D eigenvalue weighted by molar-refractivity contribution is -0.383. The SMILES string of the molecule is CC(C)(C)OC(=O)Cc1cc(CC(C)(C)Oc2ccc([N+](=O)[O-])c3ccccc23)ccn1. The van der Waals surface area contributed by atoms with Gasteiger partial charge in [-0.25, -0.2) is 0 Å². The van der Waals surface area contributed by atoms with Gasteiger partial charge in [-0.2, -0.15) is 0 Å². The van der Waals surface area contributed by atoms with E-state index in [1.807, 2.05) is 58.9 Å². The Labute approximate surface area is 187 Å². The normalized spacial score (nSPS) is 11.9. The average molecular weight is 437 g/mol. The molecule has 0 saturated heterocycles. The molecule has 7 nitrogen and oxygen atoms in total. The summed E-state index contributed by atoms with van der Waals surface area (Å²) in [6.07, 6.45) is 2.33. The number of ether oxygens (including phenoxy) is 2. The van der Waals surface area contributed by atoms with Gasteiger partial charge in [-0.15, -0.1) is 0 Å². The van der Waals surface area contributed by atoms with Gasteiger partial charge in [0.25, 0.3) is 5.69 Å². The van der Waals surface area contributed by atoms with Crippen molar-refractivity contribution in [3.8, 4) is 5.75 Å². The number of carbonyl (C=O) groups is 1. The number of hydrogen-bond donors (Lipinski definition) is 0. The molecule has 2 aromatic carbocycles. The van der Waals surface area contributed by atoms with Crippen LogP contribution in [-0.4, -0.2) is 27.1 Å². The second-order valence-corrected chi connectivity index (χ2v) is 9.34. The molecule has 3 rings (SSSR count). The summed E-state index contributed by atoms with van der Waals surface area (Å²) in [4.78, 5) is 27.4. The first-order valence-corrected chi connectivity index (χ1v) is 10.4. The van der Waals surface area contributed by atoms with Gasteiger partial charge in [-0.3, -0.25) is 19.9 Å². The quantitative estimate of drug-likeness (QED) is 0.279. The van der Waals surface area contributed by atoms with Crippen molar-refractivity contribution in [3.63, 3.8) is 0 Å². The number of nitro groups is 1. The van der Waals surface area contributed by atoms with Gasteiger partial charge in [0.2, 0.25) is 0 Å². The molecule has 0 aliphatic heterocycles. The van der Waals surface area contributed by atoms with Crippen LogP contribution in [0.3, 0.4) is 0 Å². The molecule has 0 amide bonds. The molecular weight excluding hydrogens is 408 g/mol. The summed E-state index contributed by atoms with van der Waals surface area (Å²) in [5.41, 5.74) is 0.497. The number of hydrogen-bond acceptors (Lipinski definition) is 6. The molecule has 0 bridgehead atoms. The number of aromatic nitrogens is 1. The maximum atomic E-state index is 12.1. The zero-order valence-corrected chi connectivity index (χ0v) is 19.0. The lowest BCUT2D eigenvalue weighted by atomic mass is 9.97. The van der Waals surface area contributed by atoms with Gasteiger partial charge in [0.05, 0.1) is 22.4 Å². The van der Waals surface area contributed by atoms with Gasteiger partial charge in [-0.05, 0) is 64.4 Å². The van der Waals surface area contributed by atoms with Crippen LogP contribution in [0, 0.1) is 10.1 Å². The number of carbonyl (C=O) groups excluding carboxylic acids is 1. The Hall–Kier alpha value is -3.48. The second kappa shape index (κ2) is 8.94. The first-order valence-electron chi connectivity index (χ1n) is 10.4. The van der Waals surface area contributed by atoms with Crippen molar-refractivity contribution in [2.75, 3.05) is 0 Å². The zero-order chi connectivity index (χ0) is 23.5. The fourth-order valence-electron chi connectivity index (χ4n) is 3.59. The first-order chi connectivity index (χ1) is 14.9. The van der Waals surface area contributed by atoms with Gasteiger partial charge >= 0.3 is 5.97 Å². The second-order valence-electron chi connectivity index (χ2n) is 9.34. The van der Waals surface area contributed by atoms with Crippen LogP contribution in [0.4, 0.5) is 5.69 Å². The molecule has 0 fully saturated rings. The third-order valence-corrected chi connectivity index (χ3v) is 4.70. The Morgan fingerprint density at radius 1 is 1.03 bits per heavy atom. The third-order valence-electron chi connectivity index (χ3n) is 4.70. The van der Waals surface area contributed by atoms with E-state index < -0.39 is 11.2 Å². The number of rotatable bonds is 7. The van der Waals surface area contributed by atoms with Gasteiger partial charge in [-0.1, -0.05) is 18.2 Å². The van der Waals surface area contributed by atoms with Crippen LogP contribution in [-0.2, 0) is 22.4 Å². The molecule has 0 saturated carbocycles. The van der Waals surface area contributed by atoms with E-state index >= 15 is 0 Å². The van der Waals surface area contributed by atoms with Crippen molar-refractivity contribution >= 4 is 22.4 Å². The molecule has 0 aliphatic carbocycles. The van der Waals surface area contributed by atoms with Crippen LogP contribution < -0.4 is 4.74 Å². The topological polar surface area (TPSA) is 91.6 Å². The lowest BCUT2D eigenvalue weighted by Crippen LogP contribution is -2.31. The average Bonchev–Trinajstić information content (AvgIpc) is 2.66. The van der Waals surface area contributed by atoms with Gasteiger partial charge in [0, 0.05) is 24.1 Å². The van der Waals surface area contributed by atoms with Crippen molar-refractivity contribution in [1.29, 1.82) is 0 Å². The number of non-ortho nitro benzene ring substituents is 1. The first kappa shape index (κ1) is 23.2. The Balaban J connectivity index is 1.78. The number of benzene rings is 2. The Morgan fingerprint density at radius 3 is 2.38 bits per heavy atom. The van der Waals surface area contributed by atoms with Crippen molar-refractivity contribution in [1.82, 2.24) is 4.98 Å². The Bertz CT molecular complexity index is 1150. The molecule has 0 aliphatic rings. The molecule has 0 N–H and O–H groups in total. The van der Waals surface area contributed by atoms with Gasteiger partial charge in [0.15, 0.2) is 0 Å². The van der Waals surface area contributed by atoms with E-state index in [2.05, 4.69) is 4.98 Å².